The molecule has 1 amide bonds. The van der Waals surface area contributed by atoms with E-state index in [4.69, 9.17) is 9.41 Å². The Balaban J connectivity index is 1.47. The van der Waals surface area contributed by atoms with Gasteiger partial charge in [-0.25, -0.2) is 9.38 Å². The smallest absolute Gasteiger partial charge is 0.267 e. The molecule has 3 aromatic rings. The van der Waals surface area contributed by atoms with Gasteiger partial charge in [0, 0.05) is 17.7 Å². The van der Waals surface area contributed by atoms with E-state index in [0.717, 1.165) is 35.7 Å². The first-order chi connectivity index (χ1) is 16.1. The molecule has 0 spiro atoms. The highest BCUT2D eigenvalue weighted by Gasteiger charge is 2.41. The molecule has 1 saturated carbocycles. The number of carbonyl (C=O) groups is 1. The number of amides is 1. The third kappa shape index (κ3) is 4.67. The number of carbonyl (C=O) groups excluding carboxylic acids is 1. The van der Waals surface area contributed by atoms with Crippen LogP contribution in [0.3, 0.4) is 0 Å². The normalized spacial score (nSPS) is 23.6. The molecule has 33 heavy (non-hydrogen) atoms. The molecule has 2 atom stereocenters. The topological polar surface area (TPSA) is 45.8 Å². The quantitative estimate of drug-likeness (QED) is 0.385. The Morgan fingerprint density at radius 2 is 1.79 bits per heavy atom. The number of rotatable bonds is 4. The molecule has 0 N–H and O–H groups in total. The Morgan fingerprint density at radius 1 is 1.03 bits per heavy atom. The summed E-state index contributed by atoms with van der Waals surface area (Å²) >= 11 is 1.40. The minimum atomic E-state index is -0.289. The lowest BCUT2D eigenvalue weighted by molar-refractivity contribution is -0.124. The summed E-state index contributed by atoms with van der Waals surface area (Å²) in [5.74, 6) is 1.34. The fourth-order valence-corrected chi connectivity index (χ4v) is 5.50. The molecule has 1 saturated heterocycles. The Labute approximate surface area is 197 Å². The van der Waals surface area contributed by atoms with Crippen LogP contribution >= 0.6 is 11.8 Å². The van der Waals surface area contributed by atoms with Gasteiger partial charge in [-0.05, 0) is 79.1 Å². The predicted molar refractivity (Wildman–Crippen MR) is 131 cm³/mol. The van der Waals surface area contributed by atoms with Gasteiger partial charge in [-0.2, -0.15) is 0 Å². The van der Waals surface area contributed by atoms with E-state index in [9.17, 15) is 9.18 Å². The number of nitrogens with zero attached hydrogens (tertiary/aromatic N) is 2. The number of aliphatic imine (C=N–C) groups is 1. The van der Waals surface area contributed by atoms with Gasteiger partial charge in [0.2, 0.25) is 0 Å². The first-order valence-corrected chi connectivity index (χ1v) is 12.1. The van der Waals surface area contributed by atoms with Crippen molar-refractivity contribution in [2.45, 2.75) is 38.6 Å². The molecule has 2 fully saturated rings. The third-order valence-electron chi connectivity index (χ3n) is 6.24. The summed E-state index contributed by atoms with van der Waals surface area (Å²) in [7, 11) is 0. The number of furan rings is 1. The van der Waals surface area contributed by atoms with Crippen molar-refractivity contribution in [1.82, 2.24) is 4.90 Å². The van der Waals surface area contributed by atoms with Crippen LogP contribution in [0.4, 0.5) is 10.1 Å². The van der Waals surface area contributed by atoms with Crippen LogP contribution in [-0.4, -0.2) is 22.0 Å². The van der Waals surface area contributed by atoms with Crippen molar-refractivity contribution in [3.8, 4) is 11.3 Å². The SMILES string of the molecule is C[C@H]1CCCC[C@@H]1N1C(=O)/C(=C/c2ccc(-c3ccc(F)cc3)o2)SC1=Nc1ccccc1. The molecule has 1 aliphatic carbocycles. The van der Waals surface area contributed by atoms with Gasteiger partial charge in [0.05, 0.1) is 10.6 Å². The van der Waals surface area contributed by atoms with Crippen LogP contribution in [0.5, 0.6) is 0 Å². The molecule has 2 aromatic carbocycles. The van der Waals surface area contributed by atoms with Gasteiger partial charge < -0.3 is 4.42 Å². The third-order valence-corrected chi connectivity index (χ3v) is 7.23. The lowest BCUT2D eigenvalue weighted by Gasteiger charge is -2.35. The molecule has 5 rings (SSSR count). The number of thioether (sulfide) groups is 1. The fraction of sp³-hybridized carbons (Fsp3) is 0.259. The highest BCUT2D eigenvalue weighted by Crippen LogP contribution is 2.40. The summed E-state index contributed by atoms with van der Waals surface area (Å²) in [5.41, 5.74) is 1.62. The summed E-state index contributed by atoms with van der Waals surface area (Å²) in [6.07, 6.45) is 6.23. The first kappa shape index (κ1) is 21.7. The van der Waals surface area contributed by atoms with Crippen LogP contribution in [0.25, 0.3) is 17.4 Å². The van der Waals surface area contributed by atoms with E-state index >= 15 is 0 Å². The van der Waals surface area contributed by atoms with Crippen LogP contribution in [-0.2, 0) is 4.79 Å². The minimum Gasteiger partial charge on any atom is -0.457 e. The van der Waals surface area contributed by atoms with Gasteiger partial charge in [-0.1, -0.05) is 38.0 Å². The summed E-state index contributed by atoms with van der Waals surface area (Å²) in [6.45, 7) is 2.23. The van der Waals surface area contributed by atoms with Crippen molar-refractivity contribution in [1.29, 1.82) is 0 Å². The zero-order chi connectivity index (χ0) is 22.8. The van der Waals surface area contributed by atoms with Gasteiger partial charge in [0.1, 0.15) is 17.3 Å². The van der Waals surface area contributed by atoms with E-state index in [0.29, 0.717) is 22.3 Å². The van der Waals surface area contributed by atoms with Gasteiger partial charge in [0.25, 0.3) is 5.91 Å². The van der Waals surface area contributed by atoms with Crippen LogP contribution in [0.1, 0.15) is 38.4 Å². The maximum absolute atomic E-state index is 13.5. The Kier molecular flexibility index (Phi) is 6.18. The summed E-state index contributed by atoms with van der Waals surface area (Å²) < 4.78 is 19.2. The van der Waals surface area contributed by atoms with Crippen LogP contribution in [0, 0.1) is 11.7 Å². The van der Waals surface area contributed by atoms with Crippen molar-refractivity contribution in [2.75, 3.05) is 0 Å². The molecule has 1 aromatic heterocycles. The molecular weight excluding hydrogens is 435 g/mol. The number of amidine groups is 1. The Morgan fingerprint density at radius 3 is 2.55 bits per heavy atom. The molecule has 0 radical (unpaired) electrons. The monoisotopic (exact) mass is 460 g/mol. The Bertz CT molecular complexity index is 1200. The average Bonchev–Trinajstić information content (AvgIpc) is 3.40. The van der Waals surface area contributed by atoms with Crippen molar-refractivity contribution in [3.05, 3.63) is 83.2 Å². The minimum absolute atomic E-state index is 0.0202. The predicted octanol–water partition coefficient (Wildman–Crippen LogP) is 7.27. The number of hydrogen-bond acceptors (Lipinski definition) is 4. The van der Waals surface area contributed by atoms with Gasteiger partial charge >= 0.3 is 0 Å². The van der Waals surface area contributed by atoms with Crippen molar-refractivity contribution >= 4 is 34.6 Å². The molecule has 168 valence electrons. The molecule has 0 bridgehead atoms. The summed E-state index contributed by atoms with van der Waals surface area (Å²) in [6, 6.07) is 19.7. The van der Waals surface area contributed by atoms with Crippen molar-refractivity contribution < 1.29 is 13.6 Å². The molecule has 1 aliphatic heterocycles. The Hall–Kier alpha value is -3.12. The maximum Gasteiger partial charge on any atom is 0.267 e. The van der Waals surface area contributed by atoms with E-state index in [1.54, 1.807) is 18.2 Å². The lowest BCUT2D eigenvalue weighted by Crippen LogP contribution is -2.44. The van der Waals surface area contributed by atoms with Crippen LogP contribution in [0.15, 0.2) is 81.0 Å². The lowest BCUT2D eigenvalue weighted by atomic mass is 9.85. The van der Waals surface area contributed by atoms with E-state index < -0.39 is 0 Å². The van der Waals surface area contributed by atoms with E-state index in [1.807, 2.05) is 47.4 Å². The van der Waals surface area contributed by atoms with Crippen molar-refractivity contribution in [3.63, 3.8) is 0 Å². The zero-order valence-corrected chi connectivity index (χ0v) is 19.2. The number of benzene rings is 2. The fourth-order valence-electron chi connectivity index (χ4n) is 4.48. The molecule has 2 aliphatic rings. The molecular formula is C27H25FN2O2S. The second kappa shape index (κ2) is 9.40. The largest absolute Gasteiger partial charge is 0.457 e. The van der Waals surface area contributed by atoms with E-state index in [-0.39, 0.29) is 17.8 Å². The second-order valence-corrected chi connectivity index (χ2v) is 9.56. The highest BCUT2D eigenvalue weighted by molar-refractivity contribution is 8.18. The number of para-hydroxylation sites is 1. The highest BCUT2D eigenvalue weighted by atomic mass is 32.2. The molecule has 2 heterocycles. The van der Waals surface area contributed by atoms with E-state index in [2.05, 4.69) is 6.92 Å². The van der Waals surface area contributed by atoms with Crippen LogP contribution in [0.2, 0.25) is 0 Å². The van der Waals surface area contributed by atoms with E-state index in [1.165, 1.54) is 30.3 Å². The molecule has 0 unspecified atom stereocenters. The summed E-state index contributed by atoms with van der Waals surface area (Å²) in [4.78, 5) is 20.9. The van der Waals surface area contributed by atoms with Crippen molar-refractivity contribution in [2.24, 2.45) is 10.9 Å². The zero-order valence-electron chi connectivity index (χ0n) is 18.4. The molecule has 4 nitrogen and oxygen atoms in total. The number of hydrogen-bond donors (Lipinski definition) is 0. The van der Waals surface area contributed by atoms with Gasteiger partial charge in [-0.15, -0.1) is 0 Å². The number of halogens is 1. The average molecular weight is 461 g/mol. The van der Waals surface area contributed by atoms with Gasteiger partial charge in [-0.3, -0.25) is 9.69 Å². The van der Waals surface area contributed by atoms with Gasteiger partial charge in [0.15, 0.2) is 5.17 Å². The summed E-state index contributed by atoms with van der Waals surface area (Å²) in [5, 5.41) is 0.724. The molecule has 6 heteroatoms. The standard InChI is InChI=1S/C27H25FN2O2S/c1-18-7-5-6-10-23(18)30-26(31)25(33-27(30)29-21-8-3-2-4-9-21)17-22-15-16-24(32-22)19-11-13-20(28)14-12-19/h2-4,8-9,11-18,23H,5-7,10H2,1H3/b25-17-,29-27?/t18-,23-/m0/s1. The van der Waals surface area contributed by atoms with Crippen LogP contribution < -0.4 is 0 Å². The maximum atomic E-state index is 13.5. The second-order valence-electron chi connectivity index (χ2n) is 8.55. The first-order valence-electron chi connectivity index (χ1n) is 11.3.